The molecule has 0 unspecified atom stereocenters. The Bertz CT molecular complexity index is 1050. The molecule has 1 fully saturated rings. The average Bonchev–Trinajstić information content (AvgIpc) is 2.83. The maximum Gasteiger partial charge on any atom is 0.220 e. The van der Waals surface area contributed by atoms with E-state index < -0.39 is 0 Å². The van der Waals surface area contributed by atoms with Gasteiger partial charge in [0, 0.05) is 49.7 Å². The van der Waals surface area contributed by atoms with Gasteiger partial charge in [0.15, 0.2) is 0 Å². The lowest BCUT2D eigenvalue weighted by atomic mass is 9.91. The third-order valence-corrected chi connectivity index (χ3v) is 6.18. The van der Waals surface area contributed by atoms with E-state index in [-0.39, 0.29) is 11.9 Å². The van der Waals surface area contributed by atoms with E-state index in [0.29, 0.717) is 19.1 Å². The first-order valence-corrected chi connectivity index (χ1v) is 11.9. The van der Waals surface area contributed by atoms with Crippen molar-refractivity contribution in [1.29, 1.82) is 0 Å². The Morgan fingerprint density at radius 1 is 1.00 bits per heavy atom. The van der Waals surface area contributed by atoms with Crippen LogP contribution in [0.1, 0.15) is 38.5 Å². The summed E-state index contributed by atoms with van der Waals surface area (Å²) in [5.74, 6) is 1.89. The Balaban J connectivity index is 1.21. The van der Waals surface area contributed by atoms with Gasteiger partial charge in [-0.1, -0.05) is 36.4 Å². The van der Waals surface area contributed by atoms with Crippen LogP contribution < -0.4 is 20.3 Å². The van der Waals surface area contributed by atoms with Crippen molar-refractivity contribution in [2.45, 2.75) is 50.6 Å². The molecule has 0 bridgehead atoms. The summed E-state index contributed by atoms with van der Waals surface area (Å²) in [5.41, 5.74) is 2.17. The van der Waals surface area contributed by atoms with Gasteiger partial charge in [-0.15, -0.1) is 0 Å². The zero-order valence-corrected chi connectivity index (χ0v) is 19.6. The van der Waals surface area contributed by atoms with E-state index in [9.17, 15) is 4.79 Å². The lowest BCUT2D eigenvalue weighted by molar-refractivity contribution is -0.122. The van der Waals surface area contributed by atoms with Gasteiger partial charge < -0.3 is 20.3 Å². The van der Waals surface area contributed by atoms with Crippen LogP contribution in [0.2, 0.25) is 0 Å². The highest BCUT2D eigenvalue weighted by Gasteiger charge is 2.23. The van der Waals surface area contributed by atoms with Crippen molar-refractivity contribution in [3.05, 3.63) is 60.7 Å². The zero-order valence-electron chi connectivity index (χ0n) is 19.6. The van der Waals surface area contributed by atoms with Crippen molar-refractivity contribution in [2.24, 2.45) is 0 Å². The van der Waals surface area contributed by atoms with Gasteiger partial charge in [0.2, 0.25) is 5.91 Å². The molecule has 1 aliphatic rings. The monoisotopic (exact) mass is 446 g/mol. The standard InChI is InChI=1S/C27H34N4O2/c1-31(2)25-19-26(30-24-12-7-6-11-23(24)25)28-20-14-16-21(17-15-20)29-27(32)13-8-18-33-22-9-4-3-5-10-22/h3-7,9-12,19-21H,8,13-18H2,1-2H3,(H,28,30)(H,29,32)/t20-,21+. The highest BCUT2D eigenvalue weighted by Crippen LogP contribution is 2.29. The molecule has 0 spiro atoms. The van der Waals surface area contributed by atoms with Crippen LogP contribution in [0.4, 0.5) is 11.5 Å². The van der Waals surface area contributed by atoms with Gasteiger partial charge in [-0.25, -0.2) is 4.98 Å². The summed E-state index contributed by atoms with van der Waals surface area (Å²) in [6.45, 7) is 0.557. The molecule has 1 amide bonds. The lowest BCUT2D eigenvalue weighted by Gasteiger charge is -2.30. The van der Waals surface area contributed by atoms with Crippen molar-refractivity contribution in [2.75, 3.05) is 30.9 Å². The predicted molar refractivity (Wildman–Crippen MR) is 135 cm³/mol. The fourth-order valence-electron chi connectivity index (χ4n) is 4.43. The van der Waals surface area contributed by atoms with Crippen LogP contribution in [-0.4, -0.2) is 43.7 Å². The first-order chi connectivity index (χ1) is 16.1. The van der Waals surface area contributed by atoms with Crippen molar-refractivity contribution >= 4 is 28.3 Å². The maximum absolute atomic E-state index is 12.3. The molecule has 0 saturated heterocycles. The van der Waals surface area contributed by atoms with Crippen molar-refractivity contribution < 1.29 is 9.53 Å². The minimum absolute atomic E-state index is 0.120. The summed E-state index contributed by atoms with van der Waals surface area (Å²) >= 11 is 0. The fraction of sp³-hybridized carbons (Fsp3) is 0.407. The number of hydrogen-bond acceptors (Lipinski definition) is 5. The normalized spacial score (nSPS) is 18.0. The summed E-state index contributed by atoms with van der Waals surface area (Å²) < 4.78 is 5.67. The lowest BCUT2D eigenvalue weighted by Crippen LogP contribution is -2.40. The number of nitrogens with zero attached hydrogens (tertiary/aromatic N) is 2. The first kappa shape index (κ1) is 22.9. The van der Waals surface area contributed by atoms with E-state index in [1.54, 1.807) is 0 Å². The number of ether oxygens (including phenoxy) is 1. The number of pyridine rings is 1. The van der Waals surface area contributed by atoms with Crippen LogP contribution in [-0.2, 0) is 4.79 Å². The Labute approximate surface area is 196 Å². The molecule has 2 aromatic carbocycles. The smallest absolute Gasteiger partial charge is 0.220 e. The van der Waals surface area contributed by atoms with Crippen LogP contribution in [0.3, 0.4) is 0 Å². The van der Waals surface area contributed by atoms with E-state index in [2.05, 4.69) is 53.9 Å². The third kappa shape index (κ3) is 6.37. The van der Waals surface area contributed by atoms with Crippen LogP contribution in [0.15, 0.2) is 60.7 Å². The van der Waals surface area contributed by atoms with Crippen LogP contribution in [0.5, 0.6) is 5.75 Å². The Kier molecular flexibility index (Phi) is 7.66. The van der Waals surface area contributed by atoms with Gasteiger partial charge in [-0.3, -0.25) is 4.79 Å². The Hall–Kier alpha value is -3.28. The summed E-state index contributed by atoms with van der Waals surface area (Å²) in [5, 5.41) is 8.00. The molecule has 1 aliphatic carbocycles. The Morgan fingerprint density at radius 3 is 2.45 bits per heavy atom. The minimum Gasteiger partial charge on any atom is -0.494 e. The van der Waals surface area contributed by atoms with E-state index in [0.717, 1.165) is 54.6 Å². The summed E-state index contributed by atoms with van der Waals surface area (Å²) in [6.07, 6.45) is 5.23. The summed E-state index contributed by atoms with van der Waals surface area (Å²) in [4.78, 5) is 19.3. The Morgan fingerprint density at radius 2 is 1.70 bits per heavy atom. The van der Waals surface area contributed by atoms with Crippen LogP contribution >= 0.6 is 0 Å². The molecule has 1 heterocycles. The van der Waals surface area contributed by atoms with Gasteiger partial charge >= 0.3 is 0 Å². The van der Waals surface area contributed by atoms with Crippen molar-refractivity contribution in [3.63, 3.8) is 0 Å². The first-order valence-electron chi connectivity index (χ1n) is 11.9. The van der Waals surface area contributed by atoms with E-state index >= 15 is 0 Å². The predicted octanol–water partition coefficient (Wildman–Crippen LogP) is 5.00. The number of para-hydroxylation sites is 2. The molecule has 2 N–H and O–H groups in total. The molecule has 33 heavy (non-hydrogen) atoms. The molecule has 4 rings (SSSR count). The van der Waals surface area contributed by atoms with Gasteiger partial charge in [0.1, 0.15) is 11.6 Å². The van der Waals surface area contributed by atoms with Crippen molar-refractivity contribution in [1.82, 2.24) is 10.3 Å². The van der Waals surface area contributed by atoms with Crippen LogP contribution in [0, 0.1) is 0 Å². The van der Waals surface area contributed by atoms with E-state index in [4.69, 9.17) is 9.72 Å². The highest BCUT2D eigenvalue weighted by molar-refractivity contribution is 5.93. The quantitative estimate of drug-likeness (QED) is 0.453. The molecule has 1 saturated carbocycles. The van der Waals surface area contributed by atoms with Crippen LogP contribution in [0.25, 0.3) is 10.9 Å². The minimum atomic E-state index is 0.120. The number of carbonyl (C=O) groups excluding carboxylic acids is 1. The largest absolute Gasteiger partial charge is 0.494 e. The number of nitrogens with one attached hydrogen (secondary N) is 2. The summed E-state index contributed by atoms with van der Waals surface area (Å²) in [7, 11) is 4.13. The number of fused-ring (bicyclic) bond motifs is 1. The highest BCUT2D eigenvalue weighted by atomic mass is 16.5. The topological polar surface area (TPSA) is 66.5 Å². The molecule has 6 nitrogen and oxygen atoms in total. The second kappa shape index (κ2) is 11.0. The molecular formula is C27H34N4O2. The number of hydrogen-bond donors (Lipinski definition) is 2. The second-order valence-electron chi connectivity index (χ2n) is 8.96. The third-order valence-electron chi connectivity index (χ3n) is 6.18. The second-order valence-corrected chi connectivity index (χ2v) is 8.96. The maximum atomic E-state index is 12.3. The van der Waals surface area contributed by atoms with E-state index in [1.807, 2.05) is 36.4 Å². The molecule has 0 atom stereocenters. The van der Waals surface area contributed by atoms with Crippen molar-refractivity contribution in [3.8, 4) is 5.75 Å². The number of carbonyl (C=O) groups is 1. The molecule has 1 aromatic heterocycles. The average molecular weight is 447 g/mol. The summed E-state index contributed by atoms with van der Waals surface area (Å²) in [6, 6.07) is 20.7. The number of aromatic nitrogens is 1. The van der Waals surface area contributed by atoms with Gasteiger partial charge in [-0.05, 0) is 50.3 Å². The number of rotatable bonds is 9. The zero-order chi connectivity index (χ0) is 23.0. The molecule has 0 radical (unpaired) electrons. The van der Waals surface area contributed by atoms with E-state index in [1.165, 1.54) is 5.69 Å². The molecule has 0 aliphatic heterocycles. The number of amides is 1. The number of anilines is 2. The van der Waals surface area contributed by atoms with Gasteiger partial charge in [0.05, 0.1) is 12.1 Å². The molecule has 3 aromatic rings. The molecule has 174 valence electrons. The number of benzene rings is 2. The SMILES string of the molecule is CN(C)c1cc(N[C@H]2CC[C@@H](NC(=O)CCCOc3ccccc3)CC2)nc2ccccc12. The van der Waals surface area contributed by atoms with Gasteiger partial charge in [0.25, 0.3) is 0 Å². The molecule has 6 heteroatoms. The van der Waals surface area contributed by atoms with Gasteiger partial charge in [-0.2, -0.15) is 0 Å². The fourth-order valence-corrected chi connectivity index (χ4v) is 4.43. The molecular weight excluding hydrogens is 412 g/mol.